The van der Waals surface area contributed by atoms with Crippen LogP contribution in [0.5, 0.6) is 0 Å². The molecule has 0 aliphatic carbocycles. The number of aliphatic hydroxyl groups is 2. The lowest BCUT2D eigenvalue weighted by Gasteiger charge is -2.30. The fourth-order valence-corrected chi connectivity index (χ4v) is 3.57. The van der Waals surface area contributed by atoms with E-state index in [2.05, 4.69) is 15.8 Å². The number of carbonyl (C=O) groups excluding carboxylic acids is 2. The first kappa shape index (κ1) is 28.1. The molecule has 1 aromatic carbocycles. The second-order valence-electron chi connectivity index (χ2n) is 8.57. The average molecular weight is 511 g/mol. The van der Waals surface area contributed by atoms with Crippen LogP contribution in [0.1, 0.15) is 39.2 Å². The molecule has 0 unspecified atom stereocenters. The predicted molar refractivity (Wildman–Crippen MR) is 131 cm³/mol. The summed E-state index contributed by atoms with van der Waals surface area (Å²) in [6.07, 6.45) is 1.76. The first-order valence-corrected chi connectivity index (χ1v) is 11.6. The summed E-state index contributed by atoms with van der Waals surface area (Å²) in [7, 11) is 1.51. The van der Waals surface area contributed by atoms with E-state index in [4.69, 9.17) is 16.3 Å². The molecule has 0 spiro atoms. The Balaban J connectivity index is 2.45. The van der Waals surface area contributed by atoms with E-state index in [-0.39, 0.29) is 54.4 Å². The summed E-state index contributed by atoms with van der Waals surface area (Å²) in [5, 5.41) is 28.0. The Bertz CT molecular complexity index is 1030. The van der Waals surface area contributed by atoms with Gasteiger partial charge in [0, 0.05) is 19.2 Å². The zero-order chi connectivity index (χ0) is 26.1. The minimum Gasteiger partial charge on any atom is -0.504 e. The number of hydrogen-bond acceptors (Lipinski definition) is 7. The summed E-state index contributed by atoms with van der Waals surface area (Å²) in [5.74, 6) is -3.34. The van der Waals surface area contributed by atoms with E-state index in [1.165, 1.54) is 30.2 Å². The van der Waals surface area contributed by atoms with E-state index in [1.807, 2.05) is 13.8 Å². The number of carbonyl (C=O) groups is 2. The standard InChI is InChI=1S/C24H32ClFN4O5/c1-14(2)8-9-17-21(31)22(32)18(11-28-29-13-30(24(17)34)15(3)12-35-4)23(33)27-10-16-6-5-7-19(25)20(16)26/h5-7,11,14-15,29,31-32H,8-10,12-13H2,1-4H3,(H,27,33)/b21-17-,22-18?,28-11?/t15-/m1/s1. The highest BCUT2D eigenvalue weighted by atomic mass is 35.5. The van der Waals surface area contributed by atoms with Crippen molar-refractivity contribution in [1.82, 2.24) is 15.6 Å². The van der Waals surface area contributed by atoms with Gasteiger partial charge in [-0.15, -0.1) is 0 Å². The number of nitrogens with zero attached hydrogens (tertiary/aromatic N) is 2. The summed E-state index contributed by atoms with van der Waals surface area (Å²) < 4.78 is 19.3. The molecule has 0 fully saturated rings. The van der Waals surface area contributed by atoms with Crippen LogP contribution in [-0.4, -0.2) is 59.6 Å². The number of rotatable bonds is 9. The maximum Gasteiger partial charge on any atom is 0.257 e. The number of hydrazone groups is 1. The summed E-state index contributed by atoms with van der Waals surface area (Å²) in [4.78, 5) is 27.7. The molecule has 0 radical (unpaired) electrons. The zero-order valence-corrected chi connectivity index (χ0v) is 21.0. The highest BCUT2D eigenvalue weighted by Crippen LogP contribution is 2.24. The molecule has 11 heteroatoms. The van der Waals surface area contributed by atoms with Gasteiger partial charge in [-0.25, -0.2) is 4.39 Å². The molecule has 9 nitrogen and oxygen atoms in total. The number of halogens is 2. The lowest BCUT2D eigenvalue weighted by molar-refractivity contribution is -0.131. The number of aliphatic hydroxyl groups excluding tert-OH is 2. The molecule has 1 aromatic rings. The maximum absolute atomic E-state index is 14.2. The quantitative estimate of drug-likeness (QED) is 0.403. The van der Waals surface area contributed by atoms with Crippen LogP contribution in [0.2, 0.25) is 5.02 Å². The number of methoxy groups -OCH3 is 1. The molecule has 35 heavy (non-hydrogen) atoms. The molecule has 192 valence electrons. The molecular weight excluding hydrogens is 479 g/mol. The van der Waals surface area contributed by atoms with Crippen molar-refractivity contribution < 1.29 is 28.9 Å². The first-order chi connectivity index (χ1) is 16.6. The minimum absolute atomic E-state index is 0.0261. The van der Waals surface area contributed by atoms with Crippen LogP contribution in [0.25, 0.3) is 0 Å². The van der Waals surface area contributed by atoms with Crippen molar-refractivity contribution in [3.8, 4) is 0 Å². The van der Waals surface area contributed by atoms with Gasteiger partial charge in [-0.1, -0.05) is 37.6 Å². The maximum atomic E-state index is 14.2. The van der Waals surface area contributed by atoms with Gasteiger partial charge in [-0.2, -0.15) is 5.10 Å². The minimum atomic E-state index is -0.834. The van der Waals surface area contributed by atoms with E-state index in [1.54, 1.807) is 6.92 Å². The Kier molecular flexibility index (Phi) is 10.5. The first-order valence-electron chi connectivity index (χ1n) is 11.2. The van der Waals surface area contributed by atoms with Gasteiger partial charge in [-0.05, 0) is 31.7 Å². The van der Waals surface area contributed by atoms with Crippen LogP contribution in [0.3, 0.4) is 0 Å². The van der Waals surface area contributed by atoms with Crippen molar-refractivity contribution in [2.45, 2.75) is 46.2 Å². The van der Waals surface area contributed by atoms with Gasteiger partial charge in [0.25, 0.3) is 11.8 Å². The third kappa shape index (κ3) is 7.43. The fraction of sp³-hybridized carbons (Fsp3) is 0.458. The smallest absolute Gasteiger partial charge is 0.257 e. The van der Waals surface area contributed by atoms with Crippen LogP contribution in [0.15, 0.2) is 46.0 Å². The fourth-order valence-electron chi connectivity index (χ4n) is 3.37. The third-order valence-corrected chi connectivity index (χ3v) is 5.73. The second kappa shape index (κ2) is 13.1. The van der Waals surface area contributed by atoms with Crippen LogP contribution in [0, 0.1) is 11.7 Å². The molecular formula is C24H32ClFN4O5. The molecule has 0 aromatic heterocycles. The van der Waals surface area contributed by atoms with Gasteiger partial charge in [0.1, 0.15) is 18.1 Å². The molecule has 1 heterocycles. The van der Waals surface area contributed by atoms with Crippen molar-refractivity contribution in [1.29, 1.82) is 0 Å². The van der Waals surface area contributed by atoms with Gasteiger partial charge < -0.3 is 25.2 Å². The van der Waals surface area contributed by atoms with Crippen molar-refractivity contribution in [2.24, 2.45) is 11.0 Å². The van der Waals surface area contributed by atoms with E-state index in [0.717, 1.165) is 6.21 Å². The van der Waals surface area contributed by atoms with Crippen molar-refractivity contribution in [3.05, 3.63) is 57.3 Å². The van der Waals surface area contributed by atoms with E-state index in [0.29, 0.717) is 6.42 Å². The highest BCUT2D eigenvalue weighted by molar-refractivity contribution is 6.30. The molecule has 0 bridgehead atoms. The molecule has 1 atom stereocenters. The van der Waals surface area contributed by atoms with E-state index in [9.17, 15) is 24.2 Å². The van der Waals surface area contributed by atoms with Gasteiger partial charge in [0.05, 0.1) is 29.5 Å². The summed E-state index contributed by atoms with van der Waals surface area (Å²) in [5.41, 5.74) is 2.38. The Morgan fingerprint density at radius 3 is 2.69 bits per heavy atom. The number of benzene rings is 1. The van der Waals surface area contributed by atoms with Crippen LogP contribution in [-0.2, 0) is 20.9 Å². The van der Waals surface area contributed by atoms with Gasteiger partial charge in [-0.3, -0.25) is 15.0 Å². The van der Waals surface area contributed by atoms with Crippen molar-refractivity contribution in [3.63, 3.8) is 0 Å². The lowest BCUT2D eigenvalue weighted by Crippen LogP contribution is -2.46. The Labute approximate surface area is 209 Å². The van der Waals surface area contributed by atoms with Gasteiger partial charge in [0.2, 0.25) is 0 Å². The largest absolute Gasteiger partial charge is 0.504 e. The SMILES string of the molecule is COC[C@@H](C)N1CNN=CC(C(=O)NCc2cccc(Cl)c2F)=C(O)/C(O)=C(\CCC(C)C)C1=O. The normalized spacial score (nSPS) is 18.0. The highest BCUT2D eigenvalue weighted by Gasteiger charge is 2.29. The van der Waals surface area contributed by atoms with Gasteiger partial charge in [0.15, 0.2) is 11.5 Å². The van der Waals surface area contributed by atoms with E-state index < -0.39 is 34.7 Å². The number of hydrogen-bond donors (Lipinski definition) is 4. The summed E-state index contributed by atoms with van der Waals surface area (Å²) in [6, 6.07) is 4.01. The molecule has 1 aliphatic heterocycles. The number of amides is 2. The van der Waals surface area contributed by atoms with Crippen molar-refractivity contribution in [2.75, 3.05) is 20.4 Å². The molecule has 2 rings (SSSR count). The summed E-state index contributed by atoms with van der Waals surface area (Å²) in [6.45, 7) is 5.69. The number of nitrogens with one attached hydrogen (secondary N) is 2. The molecule has 0 saturated carbocycles. The molecule has 2 amide bonds. The Morgan fingerprint density at radius 1 is 1.31 bits per heavy atom. The monoisotopic (exact) mass is 510 g/mol. The van der Waals surface area contributed by atoms with Crippen LogP contribution >= 0.6 is 11.6 Å². The molecule has 1 aliphatic rings. The van der Waals surface area contributed by atoms with Crippen molar-refractivity contribution >= 4 is 29.6 Å². The third-order valence-electron chi connectivity index (χ3n) is 5.44. The lowest BCUT2D eigenvalue weighted by atomic mass is 9.98. The Hall–Kier alpha value is -3.11. The topological polar surface area (TPSA) is 123 Å². The van der Waals surface area contributed by atoms with Gasteiger partial charge >= 0.3 is 0 Å². The average Bonchev–Trinajstić information content (AvgIpc) is 2.81. The second-order valence-corrected chi connectivity index (χ2v) is 8.98. The molecule has 4 N–H and O–H groups in total. The number of ether oxygens (including phenoxy) is 1. The summed E-state index contributed by atoms with van der Waals surface area (Å²) >= 11 is 5.78. The van der Waals surface area contributed by atoms with E-state index >= 15 is 0 Å². The zero-order valence-electron chi connectivity index (χ0n) is 20.3. The van der Waals surface area contributed by atoms with Crippen LogP contribution in [0.4, 0.5) is 4.39 Å². The predicted octanol–water partition coefficient (Wildman–Crippen LogP) is 3.57. The molecule has 0 saturated heterocycles. The Morgan fingerprint density at radius 2 is 2.03 bits per heavy atom. The van der Waals surface area contributed by atoms with Crippen LogP contribution < -0.4 is 10.7 Å².